The Labute approximate surface area is 116 Å². The van der Waals surface area contributed by atoms with Crippen molar-refractivity contribution in [3.63, 3.8) is 0 Å². The second-order valence-electron chi connectivity index (χ2n) is 3.21. The number of phenolic OH excluding ortho intramolecular Hbond substituents is 1. The summed E-state index contributed by atoms with van der Waals surface area (Å²) in [4.78, 5) is 10.2. The van der Waals surface area contributed by atoms with Crippen LogP contribution in [0.2, 0.25) is 0 Å². The number of phenols is 1. The van der Waals surface area contributed by atoms with Gasteiger partial charge in [0.05, 0.1) is 18.1 Å². The molecule has 1 rings (SSSR count). The second kappa shape index (κ2) is 5.85. The minimum Gasteiger partial charge on any atom is -0.504 e. The number of ether oxygens (including phenoxy) is 1. The molecule has 1 N–H and O–H groups in total. The molecule has 0 aliphatic rings. The first-order valence-electron chi connectivity index (χ1n) is 4.72. The number of hydrogen-bond donors (Lipinski definition) is 1. The smallest absolute Gasteiger partial charge is 0.288 e. The van der Waals surface area contributed by atoms with Crippen molar-refractivity contribution in [3.8, 4) is 23.6 Å². The van der Waals surface area contributed by atoms with Crippen LogP contribution in [0.15, 0.2) is 16.1 Å². The van der Waals surface area contributed by atoms with Crippen molar-refractivity contribution in [1.82, 2.24) is 0 Å². The summed E-state index contributed by atoms with van der Waals surface area (Å²) in [7, 11) is 1.23. The van der Waals surface area contributed by atoms with Crippen LogP contribution in [0.5, 0.6) is 11.5 Å². The molecule has 0 aliphatic carbocycles. The highest BCUT2D eigenvalue weighted by atomic mass is 79.9. The third-order valence-corrected chi connectivity index (χ3v) is 3.00. The van der Waals surface area contributed by atoms with Crippen molar-refractivity contribution in [2.75, 3.05) is 7.11 Å². The van der Waals surface area contributed by atoms with Gasteiger partial charge in [0.25, 0.3) is 5.69 Å². The summed E-state index contributed by atoms with van der Waals surface area (Å²) in [5, 5.41) is 38.1. The predicted molar refractivity (Wildman–Crippen MR) is 68.2 cm³/mol. The summed E-state index contributed by atoms with van der Waals surface area (Å²) in [5.74, 6) is -0.528. The Hall–Kier alpha value is -2.58. The summed E-state index contributed by atoms with van der Waals surface area (Å²) in [5.41, 5.74) is -0.723. The largest absolute Gasteiger partial charge is 0.504 e. The summed E-state index contributed by atoms with van der Waals surface area (Å²) in [6, 6.07) is 4.23. The van der Waals surface area contributed by atoms with Crippen molar-refractivity contribution in [1.29, 1.82) is 10.5 Å². The number of nitro benzene ring substituents is 1. The van der Waals surface area contributed by atoms with Crippen LogP contribution < -0.4 is 4.74 Å². The number of nitro groups is 1. The predicted octanol–water partition coefficient (Wildman–Crippen LogP) is 2.50. The van der Waals surface area contributed by atoms with Crippen LogP contribution in [-0.2, 0) is 0 Å². The molecule has 0 saturated heterocycles. The van der Waals surface area contributed by atoms with Crippen molar-refractivity contribution >= 4 is 27.7 Å². The van der Waals surface area contributed by atoms with E-state index in [0.717, 1.165) is 12.1 Å². The number of nitrogens with zero attached hydrogens (tertiary/aromatic N) is 3. The molecule has 96 valence electrons. The fourth-order valence-electron chi connectivity index (χ4n) is 1.28. The first kappa shape index (κ1) is 14.5. The summed E-state index contributed by atoms with van der Waals surface area (Å²) < 4.78 is 4.77. The standard InChI is InChI=1S/C11H6BrN3O4/c1-19-9-3-8(15(17)18)10(12)7(11(9)16)2-6(4-13)5-14/h2-3,16H,1H3. The number of hydrogen-bond acceptors (Lipinski definition) is 6. The molecule has 0 amide bonds. The van der Waals surface area contributed by atoms with E-state index in [-0.39, 0.29) is 27.0 Å². The van der Waals surface area contributed by atoms with Gasteiger partial charge >= 0.3 is 0 Å². The minimum atomic E-state index is -0.679. The van der Waals surface area contributed by atoms with Gasteiger partial charge in [0.15, 0.2) is 11.5 Å². The molecule has 19 heavy (non-hydrogen) atoms. The summed E-state index contributed by atoms with van der Waals surface area (Å²) in [6.45, 7) is 0. The van der Waals surface area contributed by atoms with Crippen LogP contribution in [0.4, 0.5) is 5.69 Å². The van der Waals surface area contributed by atoms with E-state index in [1.165, 1.54) is 7.11 Å². The van der Waals surface area contributed by atoms with Gasteiger partial charge in [0, 0.05) is 5.56 Å². The highest BCUT2D eigenvalue weighted by molar-refractivity contribution is 9.10. The number of methoxy groups -OCH3 is 1. The molecule has 0 fully saturated rings. The zero-order valence-corrected chi connectivity index (χ0v) is 11.1. The topological polar surface area (TPSA) is 120 Å². The number of aromatic hydroxyl groups is 1. The van der Waals surface area contributed by atoms with Crippen LogP contribution in [0.3, 0.4) is 0 Å². The van der Waals surface area contributed by atoms with Gasteiger partial charge in [-0.1, -0.05) is 0 Å². The molecule has 8 heteroatoms. The molecule has 1 aromatic rings. The molecule has 0 aromatic heterocycles. The highest BCUT2D eigenvalue weighted by Crippen LogP contribution is 2.42. The van der Waals surface area contributed by atoms with E-state index in [1.807, 2.05) is 0 Å². The average molecular weight is 324 g/mol. The lowest BCUT2D eigenvalue weighted by Crippen LogP contribution is -1.95. The number of halogens is 1. The summed E-state index contributed by atoms with van der Waals surface area (Å²) in [6.07, 6.45) is 1.04. The first-order valence-corrected chi connectivity index (χ1v) is 5.51. The van der Waals surface area contributed by atoms with Crippen LogP contribution >= 0.6 is 15.9 Å². The average Bonchev–Trinajstić information content (AvgIpc) is 2.39. The number of allylic oxidation sites excluding steroid dienone is 1. The monoisotopic (exact) mass is 323 g/mol. The van der Waals surface area contributed by atoms with Crippen LogP contribution in [0.25, 0.3) is 6.08 Å². The fraction of sp³-hybridized carbons (Fsp3) is 0.0909. The van der Waals surface area contributed by atoms with Gasteiger partial charge < -0.3 is 9.84 Å². The second-order valence-corrected chi connectivity index (χ2v) is 4.01. The maximum absolute atomic E-state index is 10.9. The Balaban J connectivity index is 3.69. The number of benzene rings is 1. The minimum absolute atomic E-state index is 0.0428. The van der Waals surface area contributed by atoms with E-state index < -0.39 is 10.7 Å². The Kier molecular flexibility index (Phi) is 4.46. The van der Waals surface area contributed by atoms with E-state index in [4.69, 9.17) is 15.3 Å². The third-order valence-electron chi connectivity index (χ3n) is 2.16. The molecule has 0 aliphatic heterocycles. The molecule has 0 spiro atoms. The van der Waals surface area contributed by atoms with Gasteiger partial charge in [-0.3, -0.25) is 10.1 Å². The molecule has 7 nitrogen and oxygen atoms in total. The van der Waals surface area contributed by atoms with Crippen molar-refractivity contribution in [3.05, 3.63) is 31.8 Å². The Bertz CT molecular complexity index is 639. The van der Waals surface area contributed by atoms with E-state index >= 15 is 0 Å². The zero-order chi connectivity index (χ0) is 14.6. The number of nitriles is 2. The van der Waals surface area contributed by atoms with Gasteiger partial charge in [0.2, 0.25) is 0 Å². The molecule has 0 radical (unpaired) electrons. The zero-order valence-electron chi connectivity index (χ0n) is 9.55. The van der Waals surface area contributed by atoms with Crippen LogP contribution in [0, 0.1) is 32.8 Å². The molecule has 0 heterocycles. The molecule has 0 unspecified atom stereocenters. The molecular formula is C11H6BrN3O4. The van der Waals surface area contributed by atoms with Gasteiger partial charge in [-0.05, 0) is 22.0 Å². The van der Waals surface area contributed by atoms with Gasteiger partial charge in [-0.15, -0.1) is 0 Å². The molecule has 1 aromatic carbocycles. The summed E-state index contributed by atoms with van der Waals surface area (Å²) >= 11 is 2.96. The SMILES string of the molecule is COc1cc([N+](=O)[O-])c(Br)c(C=C(C#N)C#N)c1O. The third kappa shape index (κ3) is 2.81. The fourth-order valence-corrected chi connectivity index (χ4v) is 1.85. The van der Waals surface area contributed by atoms with Crippen molar-refractivity contribution in [2.45, 2.75) is 0 Å². The molecule has 0 bridgehead atoms. The highest BCUT2D eigenvalue weighted by Gasteiger charge is 2.22. The molecule has 0 atom stereocenters. The van der Waals surface area contributed by atoms with Gasteiger partial charge in [-0.2, -0.15) is 10.5 Å². The number of rotatable bonds is 3. The molecular weight excluding hydrogens is 318 g/mol. The van der Waals surface area contributed by atoms with Crippen LogP contribution in [-0.4, -0.2) is 17.1 Å². The van der Waals surface area contributed by atoms with Gasteiger partial charge in [-0.25, -0.2) is 0 Å². The Morgan fingerprint density at radius 3 is 2.58 bits per heavy atom. The first-order chi connectivity index (χ1) is 8.96. The maximum Gasteiger partial charge on any atom is 0.288 e. The maximum atomic E-state index is 10.9. The van der Waals surface area contributed by atoms with E-state index in [2.05, 4.69) is 15.9 Å². The quantitative estimate of drug-likeness (QED) is 0.518. The van der Waals surface area contributed by atoms with E-state index in [1.54, 1.807) is 12.1 Å². The lowest BCUT2D eigenvalue weighted by atomic mass is 10.1. The van der Waals surface area contributed by atoms with Crippen molar-refractivity contribution < 1.29 is 14.8 Å². The Morgan fingerprint density at radius 2 is 2.16 bits per heavy atom. The van der Waals surface area contributed by atoms with Gasteiger partial charge in [0.1, 0.15) is 22.2 Å². The van der Waals surface area contributed by atoms with Crippen LogP contribution in [0.1, 0.15) is 5.56 Å². The van der Waals surface area contributed by atoms with Crippen molar-refractivity contribution in [2.24, 2.45) is 0 Å². The normalized spacial score (nSPS) is 9.05. The lowest BCUT2D eigenvalue weighted by Gasteiger charge is -2.08. The van der Waals surface area contributed by atoms with E-state index in [9.17, 15) is 15.2 Å². The molecule has 0 saturated carbocycles. The van der Waals surface area contributed by atoms with E-state index in [0.29, 0.717) is 0 Å². The Morgan fingerprint density at radius 1 is 1.58 bits per heavy atom. The lowest BCUT2D eigenvalue weighted by molar-refractivity contribution is -0.385.